The van der Waals surface area contributed by atoms with E-state index in [1.54, 1.807) is 68.8 Å². The van der Waals surface area contributed by atoms with Gasteiger partial charge < -0.3 is 25.0 Å². The highest BCUT2D eigenvalue weighted by molar-refractivity contribution is 7.98. The molecule has 0 bridgehead atoms. The first-order valence-electron chi connectivity index (χ1n) is 13.0. The summed E-state index contributed by atoms with van der Waals surface area (Å²) in [5, 5.41) is 5.73. The molecule has 2 aromatic carbocycles. The lowest BCUT2D eigenvalue weighted by atomic mass is 9.94. The quantitative estimate of drug-likeness (QED) is 0.374. The van der Waals surface area contributed by atoms with Crippen LogP contribution in [0.1, 0.15) is 65.1 Å². The molecule has 3 amide bonds. The number of rotatable bonds is 10. The molecule has 0 aliphatic heterocycles. The Morgan fingerprint density at radius 2 is 1.54 bits per heavy atom. The molecule has 214 valence electrons. The lowest BCUT2D eigenvalue weighted by Gasteiger charge is -2.43. The van der Waals surface area contributed by atoms with Crippen LogP contribution in [0.25, 0.3) is 0 Å². The van der Waals surface area contributed by atoms with E-state index in [0.717, 1.165) is 5.56 Å². The molecule has 2 atom stereocenters. The molecule has 2 unspecified atom stereocenters. The number of amides is 3. The van der Waals surface area contributed by atoms with Crippen LogP contribution in [0.4, 0.5) is 10.5 Å². The summed E-state index contributed by atoms with van der Waals surface area (Å²) >= 11 is 1.57. The summed E-state index contributed by atoms with van der Waals surface area (Å²) in [6.07, 6.45) is 1.64. The normalized spacial score (nSPS) is 13.2. The van der Waals surface area contributed by atoms with Crippen molar-refractivity contribution in [3.8, 4) is 5.75 Å². The van der Waals surface area contributed by atoms with Gasteiger partial charge in [-0.05, 0) is 96.7 Å². The average Bonchev–Trinajstić information content (AvgIpc) is 2.84. The summed E-state index contributed by atoms with van der Waals surface area (Å²) in [6, 6.07) is 12.7. The number of aryl methyl sites for hydroxylation is 1. The van der Waals surface area contributed by atoms with Crippen LogP contribution in [0.15, 0.2) is 48.5 Å². The van der Waals surface area contributed by atoms with E-state index in [4.69, 9.17) is 9.47 Å². The fraction of sp³-hybridized carbons (Fsp3) is 0.500. The zero-order chi connectivity index (χ0) is 29.4. The Labute approximate surface area is 237 Å². The maximum Gasteiger partial charge on any atom is 0.408 e. The third-order valence-electron chi connectivity index (χ3n) is 5.82. The molecule has 39 heavy (non-hydrogen) atoms. The minimum absolute atomic E-state index is 0.363. The molecular formula is C30H43N3O5S. The molecule has 0 aromatic heterocycles. The van der Waals surface area contributed by atoms with E-state index >= 15 is 0 Å². The number of thioether (sulfide) groups is 1. The average molecular weight is 558 g/mol. The third kappa shape index (κ3) is 9.80. The van der Waals surface area contributed by atoms with Crippen LogP contribution < -0.4 is 15.4 Å². The van der Waals surface area contributed by atoms with Gasteiger partial charge in [-0.15, -0.1) is 0 Å². The number of anilines is 1. The van der Waals surface area contributed by atoms with E-state index in [9.17, 15) is 14.4 Å². The van der Waals surface area contributed by atoms with E-state index in [0.29, 0.717) is 29.2 Å². The van der Waals surface area contributed by atoms with Crippen LogP contribution in [-0.2, 0) is 14.3 Å². The topological polar surface area (TPSA) is 97.0 Å². The number of nitrogens with one attached hydrogen (secondary N) is 2. The van der Waals surface area contributed by atoms with Gasteiger partial charge in [0.2, 0.25) is 5.91 Å². The molecule has 0 fully saturated rings. The first-order valence-corrected chi connectivity index (χ1v) is 14.4. The van der Waals surface area contributed by atoms with Gasteiger partial charge in [0, 0.05) is 11.2 Å². The maximum atomic E-state index is 14.3. The number of carbonyl (C=O) groups is 3. The Morgan fingerprint density at radius 1 is 0.949 bits per heavy atom. The van der Waals surface area contributed by atoms with Crippen LogP contribution in [0.5, 0.6) is 5.75 Å². The first-order chi connectivity index (χ1) is 18.2. The molecule has 0 saturated heterocycles. The summed E-state index contributed by atoms with van der Waals surface area (Å²) in [4.78, 5) is 42.5. The second kappa shape index (κ2) is 13.7. The predicted octanol–water partition coefficient (Wildman–Crippen LogP) is 5.96. The Hall–Kier alpha value is -3.20. The molecule has 0 aliphatic rings. The van der Waals surface area contributed by atoms with Crippen molar-refractivity contribution < 1.29 is 23.9 Å². The SMILES string of the molecule is COc1ccc(NC(=O)C(c2ccc(C)cc2)N(C(=O)C(CCSC)NC(=O)OC(C)(C)C)C(C)(C)C)cc1. The molecule has 0 radical (unpaired) electrons. The van der Waals surface area contributed by atoms with Gasteiger partial charge in [-0.3, -0.25) is 9.59 Å². The fourth-order valence-corrected chi connectivity index (χ4v) is 4.48. The van der Waals surface area contributed by atoms with Crippen molar-refractivity contribution >= 4 is 35.4 Å². The highest BCUT2D eigenvalue weighted by Crippen LogP contribution is 2.32. The molecule has 2 N–H and O–H groups in total. The summed E-state index contributed by atoms with van der Waals surface area (Å²) in [5.41, 5.74) is 0.785. The number of methoxy groups -OCH3 is 1. The van der Waals surface area contributed by atoms with Crippen molar-refractivity contribution in [3.05, 3.63) is 59.7 Å². The molecule has 0 spiro atoms. The van der Waals surface area contributed by atoms with Crippen molar-refractivity contribution in [1.82, 2.24) is 10.2 Å². The summed E-state index contributed by atoms with van der Waals surface area (Å²) < 4.78 is 10.7. The standard InChI is InChI=1S/C30H43N3O5S/c1-20-10-12-21(13-11-20)25(26(34)31-22-14-16-23(37-8)17-15-22)33(29(2,3)4)27(35)24(18-19-39-9)32-28(36)38-30(5,6)7/h10-17,24-25H,18-19H2,1-9H3,(H,31,34)(H,32,36). The molecule has 0 aliphatic carbocycles. The number of hydrogen-bond acceptors (Lipinski definition) is 6. The lowest BCUT2D eigenvalue weighted by Crippen LogP contribution is -2.58. The Kier molecular flexibility index (Phi) is 11.3. The molecule has 0 heterocycles. The van der Waals surface area contributed by atoms with Gasteiger partial charge in [-0.2, -0.15) is 11.8 Å². The van der Waals surface area contributed by atoms with Crippen LogP contribution >= 0.6 is 11.8 Å². The van der Waals surface area contributed by atoms with E-state index in [1.165, 1.54) is 0 Å². The van der Waals surface area contributed by atoms with Crippen molar-refractivity contribution in [2.75, 3.05) is 24.4 Å². The van der Waals surface area contributed by atoms with Crippen molar-refractivity contribution in [3.63, 3.8) is 0 Å². The Bertz CT molecular complexity index is 1110. The number of hydrogen-bond donors (Lipinski definition) is 2. The highest BCUT2D eigenvalue weighted by atomic mass is 32.2. The number of benzene rings is 2. The maximum absolute atomic E-state index is 14.3. The number of carbonyl (C=O) groups excluding carboxylic acids is 3. The van der Waals surface area contributed by atoms with Crippen LogP contribution in [-0.4, -0.2) is 59.1 Å². The largest absolute Gasteiger partial charge is 0.497 e. The predicted molar refractivity (Wildman–Crippen MR) is 158 cm³/mol. The Balaban J connectivity index is 2.54. The highest BCUT2D eigenvalue weighted by Gasteiger charge is 2.41. The van der Waals surface area contributed by atoms with Gasteiger partial charge in [0.1, 0.15) is 23.4 Å². The van der Waals surface area contributed by atoms with Crippen LogP contribution in [0, 0.1) is 6.92 Å². The zero-order valence-corrected chi connectivity index (χ0v) is 25.4. The monoisotopic (exact) mass is 557 g/mol. The van der Waals surface area contributed by atoms with Crippen molar-refractivity contribution in [1.29, 1.82) is 0 Å². The number of nitrogens with zero attached hydrogens (tertiary/aromatic N) is 1. The van der Waals surface area contributed by atoms with Gasteiger partial charge >= 0.3 is 6.09 Å². The molecule has 0 saturated carbocycles. The molecule has 8 nitrogen and oxygen atoms in total. The number of ether oxygens (including phenoxy) is 2. The van der Waals surface area contributed by atoms with Crippen molar-refractivity contribution in [2.24, 2.45) is 0 Å². The van der Waals surface area contributed by atoms with Gasteiger partial charge in [0.05, 0.1) is 7.11 Å². The summed E-state index contributed by atoms with van der Waals surface area (Å²) in [6.45, 7) is 12.9. The van der Waals surface area contributed by atoms with Crippen LogP contribution in [0.2, 0.25) is 0 Å². The van der Waals surface area contributed by atoms with Crippen molar-refractivity contribution in [2.45, 2.75) is 78.1 Å². The van der Waals surface area contributed by atoms with Gasteiger partial charge in [0.15, 0.2) is 0 Å². The molecular weight excluding hydrogens is 514 g/mol. The minimum Gasteiger partial charge on any atom is -0.497 e. The smallest absolute Gasteiger partial charge is 0.408 e. The van der Waals surface area contributed by atoms with E-state index in [2.05, 4.69) is 10.6 Å². The third-order valence-corrected chi connectivity index (χ3v) is 6.46. The summed E-state index contributed by atoms with van der Waals surface area (Å²) in [7, 11) is 1.58. The minimum atomic E-state index is -0.961. The van der Waals surface area contributed by atoms with Crippen LogP contribution in [0.3, 0.4) is 0 Å². The Morgan fingerprint density at radius 3 is 2.03 bits per heavy atom. The molecule has 2 rings (SSSR count). The van der Waals surface area contributed by atoms with Gasteiger partial charge in [-0.1, -0.05) is 29.8 Å². The zero-order valence-electron chi connectivity index (χ0n) is 24.6. The second-order valence-electron chi connectivity index (χ2n) is 11.4. The van der Waals surface area contributed by atoms with Gasteiger partial charge in [0.25, 0.3) is 5.91 Å². The molecule has 2 aromatic rings. The number of alkyl carbamates (subject to hydrolysis) is 1. The van der Waals surface area contributed by atoms with E-state index in [-0.39, 0.29) is 11.8 Å². The van der Waals surface area contributed by atoms with E-state index in [1.807, 2.05) is 58.2 Å². The van der Waals surface area contributed by atoms with Gasteiger partial charge in [-0.25, -0.2) is 4.79 Å². The first kappa shape index (κ1) is 32.0. The fourth-order valence-electron chi connectivity index (χ4n) is 4.01. The summed E-state index contributed by atoms with van der Waals surface area (Å²) in [5.74, 6) is 0.572. The van der Waals surface area contributed by atoms with E-state index < -0.39 is 29.3 Å². The molecule has 9 heteroatoms. The lowest BCUT2D eigenvalue weighted by molar-refractivity contribution is -0.146. The second-order valence-corrected chi connectivity index (χ2v) is 12.4.